The highest BCUT2D eigenvalue weighted by Gasteiger charge is 2.10. The van der Waals surface area contributed by atoms with Crippen LogP contribution in [0.25, 0.3) is 11.3 Å². The first kappa shape index (κ1) is 15.3. The highest BCUT2D eigenvalue weighted by atomic mass is 32.1. The number of benzene rings is 1. The molecule has 0 spiro atoms. The molecule has 0 fully saturated rings. The number of nitrogens with zero attached hydrogens (tertiary/aromatic N) is 2. The van der Waals surface area contributed by atoms with Crippen LogP contribution in [0.5, 0.6) is 0 Å². The van der Waals surface area contributed by atoms with Crippen LogP contribution in [0.4, 0.5) is 4.39 Å². The topological polar surface area (TPSA) is 54.9 Å². The first-order valence-corrected chi connectivity index (χ1v) is 7.99. The van der Waals surface area contributed by atoms with E-state index in [1.54, 1.807) is 24.5 Å². The number of carbonyl (C=O) groups is 1. The fourth-order valence-corrected chi connectivity index (χ4v) is 2.90. The molecule has 4 nitrogen and oxygen atoms in total. The van der Waals surface area contributed by atoms with E-state index in [1.165, 1.54) is 23.5 Å². The van der Waals surface area contributed by atoms with Gasteiger partial charge in [-0.3, -0.25) is 9.78 Å². The third kappa shape index (κ3) is 3.78. The number of carbonyl (C=O) groups excluding carboxylic acids is 1. The minimum absolute atomic E-state index is 0.0580. The summed E-state index contributed by atoms with van der Waals surface area (Å²) >= 11 is 1.53. The van der Waals surface area contributed by atoms with Crippen LogP contribution in [-0.2, 0) is 6.42 Å². The molecule has 2 aromatic heterocycles. The lowest BCUT2D eigenvalue weighted by Gasteiger charge is -2.04. The summed E-state index contributed by atoms with van der Waals surface area (Å²) in [6, 6.07) is 9.75. The smallest absolute Gasteiger partial charge is 0.254 e. The largest absolute Gasteiger partial charge is 0.352 e. The summed E-state index contributed by atoms with van der Waals surface area (Å²) < 4.78 is 13.5. The van der Waals surface area contributed by atoms with Crippen molar-refractivity contribution >= 4 is 17.2 Å². The van der Waals surface area contributed by atoms with Crippen molar-refractivity contribution in [2.24, 2.45) is 0 Å². The monoisotopic (exact) mass is 327 g/mol. The van der Waals surface area contributed by atoms with Crippen LogP contribution in [0, 0.1) is 5.82 Å². The quantitative estimate of drug-likeness (QED) is 0.782. The zero-order valence-corrected chi connectivity index (χ0v) is 13.0. The molecule has 0 unspecified atom stereocenters. The number of amides is 1. The Morgan fingerprint density at radius 2 is 2.09 bits per heavy atom. The maximum Gasteiger partial charge on any atom is 0.254 e. The molecule has 0 radical (unpaired) electrons. The SMILES string of the molecule is O=C(NCCc1nc(-c2cccnc2)cs1)c1ccccc1F. The summed E-state index contributed by atoms with van der Waals surface area (Å²) in [4.78, 5) is 20.5. The Bertz CT molecular complexity index is 804. The molecule has 2 heterocycles. The molecule has 0 atom stereocenters. The first-order chi connectivity index (χ1) is 11.2. The molecule has 1 aromatic carbocycles. The molecule has 3 aromatic rings. The van der Waals surface area contributed by atoms with Crippen LogP contribution in [0.1, 0.15) is 15.4 Å². The molecule has 1 N–H and O–H groups in total. The van der Waals surface area contributed by atoms with Gasteiger partial charge in [-0.1, -0.05) is 12.1 Å². The molecule has 3 rings (SSSR count). The Morgan fingerprint density at radius 3 is 2.87 bits per heavy atom. The van der Waals surface area contributed by atoms with Crippen molar-refractivity contribution in [2.75, 3.05) is 6.54 Å². The Morgan fingerprint density at radius 1 is 1.22 bits per heavy atom. The van der Waals surface area contributed by atoms with Crippen molar-refractivity contribution in [2.45, 2.75) is 6.42 Å². The third-order valence-corrected chi connectivity index (χ3v) is 4.16. The van der Waals surface area contributed by atoms with Gasteiger partial charge in [0.2, 0.25) is 0 Å². The predicted octanol–water partition coefficient (Wildman–Crippen LogP) is 3.32. The van der Waals surface area contributed by atoms with Gasteiger partial charge >= 0.3 is 0 Å². The van der Waals surface area contributed by atoms with Gasteiger partial charge in [-0.2, -0.15) is 0 Å². The molecule has 0 saturated carbocycles. The molecule has 0 aliphatic rings. The van der Waals surface area contributed by atoms with Gasteiger partial charge in [-0.15, -0.1) is 11.3 Å². The van der Waals surface area contributed by atoms with Crippen LogP contribution >= 0.6 is 11.3 Å². The fourth-order valence-electron chi connectivity index (χ4n) is 2.10. The van der Waals surface area contributed by atoms with Gasteiger partial charge in [0.1, 0.15) is 5.82 Å². The van der Waals surface area contributed by atoms with E-state index >= 15 is 0 Å². The molecule has 0 aliphatic heterocycles. The summed E-state index contributed by atoms with van der Waals surface area (Å²) in [5, 5.41) is 5.59. The van der Waals surface area contributed by atoms with Gasteiger partial charge in [0.15, 0.2) is 0 Å². The summed E-state index contributed by atoms with van der Waals surface area (Å²) in [6.45, 7) is 0.410. The number of pyridine rings is 1. The Hall–Kier alpha value is -2.60. The summed E-state index contributed by atoms with van der Waals surface area (Å²) in [7, 11) is 0. The highest BCUT2D eigenvalue weighted by Crippen LogP contribution is 2.20. The average Bonchev–Trinajstić information content (AvgIpc) is 3.05. The van der Waals surface area contributed by atoms with Gasteiger partial charge in [-0.25, -0.2) is 9.37 Å². The van der Waals surface area contributed by atoms with Crippen molar-refractivity contribution in [1.29, 1.82) is 0 Å². The van der Waals surface area contributed by atoms with Crippen LogP contribution < -0.4 is 5.32 Å². The van der Waals surface area contributed by atoms with Crippen molar-refractivity contribution in [3.05, 3.63) is 70.6 Å². The van der Waals surface area contributed by atoms with Crippen LogP contribution in [-0.4, -0.2) is 22.4 Å². The van der Waals surface area contributed by atoms with Crippen LogP contribution in [0.2, 0.25) is 0 Å². The zero-order chi connectivity index (χ0) is 16.1. The van der Waals surface area contributed by atoms with Crippen molar-refractivity contribution in [3.8, 4) is 11.3 Å². The maximum atomic E-state index is 13.5. The summed E-state index contributed by atoms with van der Waals surface area (Å²) in [6.07, 6.45) is 4.08. The molecule has 116 valence electrons. The van der Waals surface area contributed by atoms with E-state index in [0.29, 0.717) is 13.0 Å². The van der Waals surface area contributed by atoms with E-state index in [2.05, 4.69) is 15.3 Å². The minimum atomic E-state index is -0.516. The normalized spacial score (nSPS) is 10.5. The molecule has 1 amide bonds. The maximum absolute atomic E-state index is 13.5. The molecule has 6 heteroatoms. The second-order valence-corrected chi connectivity index (χ2v) is 5.80. The van der Waals surface area contributed by atoms with Gasteiger partial charge in [0, 0.05) is 36.3 Å². The van der Waals surface area contributed by atoms with Gasteiger partial charge in [0.25, 0.3) is 5.91 Å². The number of hydrogen-bond acceptors (Lipinski definition) is 4. The van der Waals surface area contributed by atoms with Crippen molar-refractivity contribution < 1.29 is 9.18 Å². The minimum Gasteiger partial charge on any atom is -0.352 e. The number of aromatic nitrogens is 2. The number of hydrogen-bond donors (Lipinski definition) is 1. The number of rotatable bonds is 5. The summed E-state index contributed by atoms with van der Waals surface area (Å²) in [5.74, 6) is -0.926. The van der Waals surface area contributed by atoms with Crippen molar-refractivity contribution in [3.63, 3.8) is 0 Å². The molecule has 0 saturated heterocycles. The Kier molecular flexibility index (Phi) is 4.73. The Labute approximate surface area is 137 Å². The van der Waals surface area contributed by atoms with Crippen LogP contribution in [0.3, 0.4) is 0 Å². The highest BCUT2D eigenvalue weighted by molar-refractivity contribution is 7.09. The molecule has 23 heavy (non-hydrogen) atoms. The second-order valence-electron chi connectivity index (χ2n) is 4.85. The standard InChI is InChI=1S/C17H14FN3OS/c18-14-6-2-1-5-13(14)17(22)20-9-7-16-21-15(11-23-16)12-4-3-8-19-10-12/h1-6,8,10-11H,7,9H2,(H,20,22). The van der Waals surface area contributed by atoms with Gasteiger partial charge < -0.3 is 5.32 Å². The van der Waals surface area contributed by atoms with E-state index in [-0.39, 0.29) is 5.56 Å². The van der Waals surface area contributed by atoms with Gasteiger partial charge in [0.05, 0.1) is 16.3 Å². The lowest BCUT2D eigenvalue weighted by molar-refractivity contribution is 0.0950. The van der Waals surface area contributed by atoms with E-state index in [9.17, 15) is 9.18 Å². The van der Waals surface area contributed by atoms with Crippen LogP contribution in [0.15, 0.2) is 54.2 Å². The third-order valence-electron chi connectivity index (χ3n) is 3.25. The van der Waals surface area contributed by atoms with Gasteiger partial charge in [-0.05, 0) is 24.3 Å². The number of halogens is 1. The van der Waals surface area contributed by atoms with Crippen molar-refractivity contribution in [1.82, 2.24) is 15.3 Å². The zero-order valence-electron chi connectivity index (χ0n) is 12.2. The first-order valence-electron chi connectivity index (χ1n) is 7.11. The lowest BCUT2D eigenvalue weighted by Crippen LogP contribution is -2.26. The summed E-state index contributed by atoms with van der Waals surface area (Å²) in [5.41, 5.74) is 1.90. The number of thiazole rings is 1. The average molecular weight is 327 g/mol. The van der Waals surface area contributed by atoms with E-state index < -0.39 is 11.7 Å². The molecule has 0 aliphatic carbocycles. The van der Waals surface area contributed by atoms with E-state index in [4.69, 9.17) is 0 Å². The second kappa shape index (κ2) is 7.11. The lowest BCUT2D eigenvalue weighted by atomic mass is 10.2. The van der Waals surface area contributed by atoms with E-state index in [0.717, 1.165) is 16.3 Å². The number of nitrogens with one attached hydrogen (secondary N) is 1. The predicted molar refractivity (Wildman–Crippen MR) is 87.8 cm³/mol. The molecular formula is C17H14FN3OS. The molecule has 0 bridgehead atoms. The fraction of sp³-hybridized carbons (Fsp3) is 0.118. The Balaban J connectivity index is 1.56. The van der Waals surface area contributed by atoms with E-state index in [1.807, 2.05) is 17.5 Å². The molecular weight excluding hydrogens is 313 g/mol.